The van der Waals surface area contributed by atoms with E-state index >= 15 is 0 Å². The number of morpholine rings is 1. The molecule has 2 N–H and O–H groups in total. The summed E-state index contributed by atoms with van der Waals surface area (Å²) < 4.78 is 5.34. The smallest absolute Gasteiger partial charge is 0.335 e. The molecule has 0 atom stereocenters. The van der Waals surface area contributed by atoms with Gasteiger partial charge < -0.3 is 20.1 Å². The van der Waals surface area contributed by atoms with Crippen molar-refractivity contribution in [1.29, 1.82) is 5.26 Å². The van der Waals surface area contributed by atoms with Gasteiger partial charge in [0.2, 0.25) is 0 Å². The Morgan fingerprint density at radius 1 is 1.07 bits per heavy atom. The number of amides is 1. The van der Waals surface area contributed by atoms with Crippen molar-refractivity contribution in [1.82, 2.24) is 0 Å². The lowest BCUT2D eigenvalue weighted by Gasteiger charge is -2.28. The Labute approximate surface area is 162 Å². The van der Waals surface area contributed by atoms with Crippen LogP contribution in [0.1, 0.15) is 15.9 Å². The van der Waals surface area contributed by atoms with Crippen LogP contribution in [0.2, 0.25) is 0 Å². The van der Waals surface area contributed by atoms with Crippen LogP contribution in [-0.4, -0.2) is 43.3 Å². The van der Waals surface area contributed by atoms with Crippen molar-refractivity contribution >= 4 is 29.3 Å². The van der Waals surface area contributed by atoms with E-state index in [0.29, 0.717) is 18.9 Å². The highest BCUT2D eigenvalue weighted by molar-refractivity contribution is 6.09. The van der Waals surface area contributed by atoms with Crippen LogP contribution in [0.3, 0.4) is 0 Å². The highest BCUT2D eigenvalue weighted by atomic mass is 16.5. The molecule has 3 rings (SSSR count). The van der Waals surface area contributed by atoms with Gasteiger partial charge >= 0.3 is 5.97 Å². The first kappa shape index (κ1) is 19.1. The zero-order chi connectivity index (χ0) is 19.9. The maximum absolute atomic E-state index is 12.3. The number of nitrogens with zero attached hydrogens (tertiary/aromatic N) is 2. The van der Waals surface area contributed by atoms with Crippen molar-refractivity contribution in [2.75, 3.05) is 36.5 Å². The summed E-state index contributed by atoms with van der Waals surface area (Å²) in [5, 5.41) is 20.8. The van der Waals surface area contributed by atoms with Crippen LogP contribution >= 0.6 is 0 Å². The van der Waals surface area contributed by atoms with Crippen LogP contribution in [0.5, 0.6) is 0 Å². The molecule has 2 aromatic rings. The summed E-state index contributed by atoms with van der Waals surface area (Å²) in [5.74, 6) is -1.60. The highest BCUT2D eigenvalue weighted by Crippen LogP contribution is 2.18. The van der Waals surface area contributed by atoms with Crippen LogP contribution in [0.4, 0.5) is 11.4 Å². The number of carboxylic acid groups (broad SMARTS) is 1. The summed E-state index contributed by atoms with van der Waals surface area (Å²) in [4.78, 5) is 25.4. The molecule has 1 aliphatic heterocycles. The predicted octanol–water partition coefficient (Wildman–Crippen LogP) is 2.77. The van der Waals surface area contributed by atoms with Gasteiger partial charge in [0, 0.05) is 24.5 Å². The largest absolute Gasteiger partial charge is 0.478 e. The van der Waals surface area contributed by atoms with Gasteiger partial charge in [-0.05, 0) is 48.0 Å². The number of ether oxygens (including phenoxy) is 1. The lowest BCUT2D eigenvalue weighted by Crippen LogP contribution is -2.36. The first-order valence-corrected chi connectivity index (χ1v) is 8.76. The summed E-state index contributed by atoms with van der Waals surface area (Å²) in [6, 6.07) is 15.3. The van der Waals surface area contributed by atoms with Crippen molar-refractivity contribution in [3.8, 4) is 6.07 Å². The van der Waals surface area contributed by atoms with Gasteiger partial charge in [0.25, 0.3) is 5.91 Å². The van der Waals surface area contributed by atoms with Crippen LogP contribution in [0.15, 0.2) is 54.1 Å². The number of hydrogen-bond acceptors (Lipinski definition) is 5. The van der Waals surface area contributed by atoms with E-state index in [1.807, 2.05) is 30.3 Å². The molecule has 0 unspecified atom stereocenters. The molecule has 0 saturated carbocycles. The first-order valence-electron chi connectivity index (χ1n) is 8.76. The number of carbonyl (C=O) groups is 2. The molecular weight excluding hydrogens is 358 g/mol. The predicted molar refractivity (Wildman–Crippen MR) is 105 cm³/mol. The third-order valence-electron chi connectivity index (χ3n) is 4.34. The number of nitrogens with one attached hydrogen (secondary N) is 1. The van der Waals surface area contributed by atoms with Crippen LogP contribution in [-0.2, 0) is 9.53 Å². The second-order valence-electron chi connectivity index (χ2n) is 6.20. The van der Waals surface area contributed by atoms with Crippen molar-refractivity contribution in [2.24, 2.45) is 0 Å². The molecule has 28 heavy (non-hydrogen) atoms. The summed E-state index contributed by atoms with van der Waals surface area (Å²) in [7, 11) is 0. The fraction of sp³-hybridized carbons (Fsp3) is 0.190. The fourth-order valence-electron chi connectivity index (χ4n) is 2.81. The normalized spacial score (nSPS) is 14.2. The van der Waals surface area contributed by atoms with Crippen LogP contribution in [0.25, 0.3) is 6.08 Å². The number of hydrogen-bond donors (Lipinski definition) is 2. The van der Waals surface area contributed by atoms with Gasteiger partial charge in [-0.1, -0.05) is 12.1 Å². The van der Waals surface area contributed by atoms with E-state index in [1.54, 1.807) is 0 Å². The third kappa shape index (κ3) is 4.75. The van der Waals surface area contributed by atoms with Gasteiger partial charge in [0.05, 0.1) is 18.8 Å². The van der Waals surface area contributed by atoms with Crippen LogP contribution < -0.4 is 10.2 Å². The Kier molecular flexibility index (Phi) is 6.04. The van der Waals surface area contributed by atoms with Crippen molar-refractivity contribution < 1.29 is 19.4 Å². The average Bonchev–Trinajstić information content (AvgIpc) is 2.73. The Hall–Kier alpha value is -3.63. The number of aromatic carboxylic acids is 1. The minimum Gasteiger partial charge on any atom is -0.478 e. The van der Waals surface area contributed by atoms with Gasteiger partial charge in [-0.2, -0.15) is 5.26 Å². The van der Waals surface area contributed by atoms with Gasteiger partial charge in [0.15, 0.2) is 0 Å². The summed E-state index contributed by atoms with van der Waals surface area (Å²) in [5.41, 5.74) is 2.31. The summed E-state index contributed by atoms with van der Waals surface area (Å²) >= 11 is 0. The highest BCUT2D eigenvalue weighted by Gasteiger charge is 2.12. The number of carboxylic acids is 1. The van der Waals surface area contributed by atoms with Crippen LogP contribution in [0, 0.1) is 11.3 Å². The number of rotatable bonds is 5. The molecule has 2 aromatic carbocycles. The molecular formula is C21H19N3O4. The second-order valence-corrected chi connectivity index (χ2v) is 6.20. The molecule has 1 saturated heterocycles. The molecule has 7 nitrogen and oxygen atoms in total. The molecule has 1 amide bonds. The Morgan fingerprint density at radius 3 is 2.29 bits per heavy atom. The van der Waals surface area contributed by atoms with Gasteiger partial charge in [-0.15, -0.1) is 0 Å². The van der Waals surface area contributed by atoms with Gasteiger partial charge in [-0.25, -0.2) is 4.79 Å². The van der Waals surface area contributed by atoms with E-state index in [1.165, 1.54) is 30.3 Å². The number of nitriles is 1. The van der Waals surface area contributed by atoms with Gasteiger partial charge in [-0.3, -0.25) is 4.79 Å². The zero-order valence-electron chi connectivity index (χ0n) is 15.1. The molecule has 0 aromatic heterocycles. The molecule has 1 fully saturated rings. The summed E-state index contributed by atoms with van der Waals surface area (Å²) in [6.07, 6.45) is 1.52. The quantitative estimate of drug-likeness (QED) is 0.614. The molecule has 0 aliphatic carbocycles. The number of benzene rings is 2. The molecule has 0 bridgehead atoms. The van der Waals surface area contributed by atoms with E-state index < -0.39 is 11.9 Å². The molecule has 0 spiro atoms. The van der Waals surface area contributed by atoms with Crippen molar-refractivity contribution in [2.45, 2.75) is 0 Å². The Balaban J connectivity index is 1.69. The number of anilines is 2. The second kappa shape index (κ2) is 8.84. The average molecular weight is 377 g/mol. The molecule has 1 aliphatic rings. The van der Waals surface area contributed by atoms with E-state index in [2.05, 4.69) is 10.2 Å². The minimum atomic E-state index is -1.05. The first-order chi connectivity index (χ1) is 13.6. The number of carbonyl (C=O) groups excluding carboxylic acids is 1. The Morgan fingerprint density at radius 2 is 1.71 bits per heavy atom. The standard InChI is InChI=1S/C21H19N3O4/c22-14-17(20(25)23-18-5-3-16(4-6-18)21(26)27)13-15-1-7-19(8-2-15)24-9-11-28-12-10-24/h1-8,13H,9-12H2,(H,23,25)(H,26,27). The van der Waals surface area contributed by atoms with Crippen molar-refractivity contribution in [3.63, 3.8) is 0 Å². The fourth-order valence-corrected chi connectivity index (χ4v) is 2.81. The molecule has 0 radical (unpaired) electrons. The van der Waals surface area contributed by atoms with Crippen molar-refractivity contribution in [3.05, 3.63) is 65.2 Å². The van der Waals surface area contributed by atoms with Gasteiger partial charge in [0.1, 0.15) is 11.6 Å². The van der Waals surface area contributed by atoms with E-state index in [-0.39, 0.29) is 11.1 Å². The lowest BCUT2D eigenvalue weighted by molar-refractivity contribution is -0.112. The van der Waals surface area contributed by atoms with E-state index in [0.717, 1.165) is 24.3 Å². The SMILES string of the molecule is N#CC(=Cc1ccc(N2CCOCC2)cc1)C(=O)Nc1ccc(C(=O)O)cc1. The minimum absolute atomic E-state index is 0.0403. The lowest BCUT2D eigenvalue weighted by atomic mass is 10.1. The zero-order valence-corrected chi connectivity index (χ0v) is 15.1. The maximum atomic E-state index is 12.3. The molecule has 1 heterocycles. The maximum Gasteiger partial charge on any atom is 0.335 e. The Bertz CT molecular complexity index is 922. The molecule has 7 heteroatoms. The van der Waals surface area contributed by atoms with E-state index in [9.17, 15) is 14.9 Å². The monoisotopic (exact) mass is 377 g/mol. The third-order valence-corrected chi connectivity index (χ3v) is 4.34. The topological polar surface area (TPSA) is 103 Å². The molecule has 142 valence electrons. The summed E-state index contributed by atoms with van der Waals surface area (Å²) in [6.45, 7) is 3.07. The van der Waals surface area contributed by atoms with E-state index in [4.69, 9.17) is 9.84 Å².